The third-order valence-corrected chi connectivity index (χ3v) is 5.94. The molecule has 0 spiro atoms. The molecule has 6 N–H and O–H groups in total. The number of nitrogens with zero attached hydrogens (tertiary/aromatic N) is 4. The number of esters is 1. The summed E-state index contributed by atoms with van der Waals surface area (Å²) in [6.07, 6.45) is -2.58. The van der Waals surface area contributed by atoms with Gasteiger partial charge in [0.2, 0.25) is 0 Å². The molecule has 1 aliphatic rings. The van der Waals surface area contributed by atoms with Crippen LogP contribution in [0.4, 0.5) is 5.82 Å². The topological polar surface area (TPSA) is 204 Å². The van der Waals surface area contributed by atoms with Gasteiger partial charge in [0.1, 0.15) is 36.2 Å². The van der Waals surface area contributed by atoms with Gasteiger partial charge in [-0.25, -0.2) is 24.6 Å². The van der Waals surface area contributed by atoms with Gasteiger partial charge in [-0.1, -0.05) is 13.8 Å². The smallest absolute Gasteiger partial charge is 0.403 e. The molecule has 172 valence electrons. The molecule has 31 heavy (non-hydrogen) atoms. The van der Waals surface area contributed by atoms with Crippen LogP contribution in [0.3, 0.4) is 0 Å². The number of hydrogen-bond acceptors (Lipinski definition) is 11. The van der Waals surface area contributed by atoms with Gasteiger partial charge in [0, 0.05) is 0 Å². The molecule has 1 fully saturated rings. The first-order chi connectivity index (χ1) is 14.6. The Morgan fingerprint density at radius 2 is 2.06 bits per heavy atom. The van der Waals surface area contributed by atoms with Crippen molar-refractivity contribution in [1.29, 1.82) is 0 Å². The molecule has 1 aliphatic heterocycles. The number of nitrogens with one attached hydrogen (secondary N) is 1. The molecule has 2 aromatic rings. The minimum absolute atomic E-state index is 0.134. The van der Waals surface area contributed by atoms with Gasteiger partial charge >= 0.3 is 13.7 Å². The van der Waals surface area contributed by atoms with Gasteiger partial charge in [-0.2, -0.15) is 0 Å². The first kappa shape index (κ1) is 23.5. The molecular weight excluding hydrogens is 435 g/mol. The average Bonchev–Trinajstić information content (AvgIpc) is 3.26. The molecule has 0 saturated carbocycles. The first-order valence-electron chi connectivity index (χ1n) is 9.33. The van der Waals surface area contributed by atoms with Crippen molar-refractivity contribution >= 4 is 30.7 Å². The number of fused-ring (bicyclic) bond motifs is 1. The summed E-state index contributed by atoms with van der Waals surface area (Å²) in [4.78, 5) is 33.8. The summed E-state index contributed by atoms with van der Waals surface area (Å²) in [6.45, 7) is 2.77. The van der Waals surface area contributed by atoms with E-state index in [-0.39, 0.29) is 17.4 Å². The number of aromatic nitrogens is 4. The van der Waals surface area contributed by atoms with Gasteiger partial charge in [0.15, 0.2) is 17.7 Å². The highest BCUT2D eigenvalue weighted by atomic mass is 31.2. The Balaban J connectivity index is 1.69. The lowest BCUT2D eigenvalue weighted by atomic mass is 10.1. The van der Waals surface area contributed by atoms with Crippen LogP contribution in [0.15, 0.2) is 12.7 Å². The van der Waals surface area contributed by atoms with Crippen LogP contribution in [0.25, 0.3) is 11.2 Å². The van der Waals surface area contributed by atoms with Crippen LogP contribution in [0.1, 0.15) is 20.1 Å². The minimum atomic E-state index is -4.47. The second-order valence-corrected chi connectivity index (χ2v) is 8.88. The molecule has 2 aromatic heterocycles. The van der Waals surface area contributed by atoms with E-state index in [4.69, 9.17) is 15.0 Å². The number of nitrogens with two attached hydrogens (primary N) is 1. The second kappa shape index (κ2) is 9.12. The maximum Gasteiger partial charge on any atom is 0.403 e. The van der Waals surface area contributed by atoms with Gasteiger partial charge in [-0.15, -0.1) is 0 Å². The molecule has 0 amide bonds. The van der Waals surface area contributed by atoms with Crippen molar-refractivity contribution in [2.45, 2.75) is 44.4 Å². The van der Waals surface area contributed by atoms with Crippen LogP contribution in [0, 0.1) is 5.92 Å². The number of carbonyl (C=O) groups is 1. The van der Waals surface area contributed by atoms with Crippen LogP contribution in [0.5, 0.6) is 0 Å². The summed E-state index contributed by atoms with van der Waals surface area (Å²) in [5.74, 6) is -0.956. The summed E-state index contributed by atoms with van der Waals surface area (Å²) < 4.78 is 29.0. The largest absolute Gasteiger partial charge is 0.468 e. The number of aliphatic hydroxyl groups excluding tert-OH is 2. The van der Waals surface area contributed by atoms with Crippen LogP contribution < -0.4 is 10.8 Å². The van der Waals surface area contributed by atoms with Gasteiger partial charge in [-0.05, 0) is 5.92 Å². The summed E-state index contributed by atoms with van der Waals surface area (Å²) in [5.41, 5.74) is 6.31. The maximum atomic E-state index is 12.4. The molecule has 3 heterocycles. The van der Waals surface area contributed by atoms with Crippen molar-refractivity contribution in [3.63, 3.8) is 0 Å². The molecule has 6 atom stereocenters. The van der Waals surface area contributed by atoms with Crippen molar-refractivity contribution in [3.05, 3.63) is 12.7 Å². The first-order valence-corrected chi connectivity index (χ1v) is 10.9. The van der Waals surface area contributed by atoms with Gasteiger partial charge in [0.25, 0.3) is 0 Å². The Morgan fingerprint density at radius 3 is 2.71 bits per heavy atom. The standard InChI is InChI=1S/C16H25N6O8P/c1-7(2)9(16(25)28-3)21-31(26,27)29-4-8-11(23)12(24)15(30-8)22-6-20-10-13(17)18-5-19-14(10)22/h5-9,11-12,15,23-24H,4H2,1-3H3,(H2,17,18,19)(H2,21,26,27)/t8-,9+,11-,12-,15-/m1/s1. The van der Waals surface area contributed by atoms with Gasteiger partial charge < -0.3 is 30.3 Å². The average molecular weight is 460 g/mol. The number of hydrogen-bond donors (Lipinski definition) is 5. The lowest BCUT2D eigenvalue weighted by Gasteiger charge is -2.24. The Kier molecular flexibility index (Phi) is 6.91. The predicted octanol–water partition coefficient (Wildman–Crippen LogP) is -1.07. The van der Waals surface area contributed by atoms with E-state index in [1.165, 1.54) is 17.2 Å². The minimum Gasteiger partial charge on any atom is -0.468 e. The number of nitrogen functional groups attached to an aromatic ring is 1. The number of anilines is 1. The zero-order valence-corrected chi connectivity index (χ0v) is 17.9. The molecule has 3 rings (SSSR count). The van der Waals surface area contributed by atoms with Crippen molar-refractivity contribution in [2.24, 2.45) is 5.92 Å². The third kappa shape index (κ3) is 4.85. The Hall–Kier alpha value is -2.19. The highest BCUT2D eigenvalue weighted by Gasteiger charge is 2.45. The Morgan fingerprint density at radius 1 is 1.35 bits per heavy atom. The van der Waals surface area contributed by atoms with Crippen LogP contribution in [-0.4, -0.2) is 78.7 Å². The molecule has 15 heteroatoms. The molecular formula is C16H25N6O8P. The third-order valence-electron chi connectivity index (χ3n) is 4.84. The fourth-order valence-corrected chi connectivity index (χ4v) is 4.32. The second-order valence-electron chi connectivity index (χ2n) is 7.32. The number of ether oxygens (including phenoxy) is 2. The molecule has 0 radical (unpaired) electrons. The molecule has 0 bridgehead atoms. The number of rotatable bonds is 8. The van der Waals surface area contributed by atoms with Crippen LogP contribution in [0.2, 0.25) is 0 Å². The molecule has 1 saturated heterocycles. The van der Waals surface area contributed by atoms with Crippen molar-refractivity contribution < 1.29 is 38.5 Å². The summed E-state index contributed by atoms with van der Waals surface area (Å²) in [6, 6.07) is -1.09. The van der Waals surface area contributed by atoms with E-state index < -0.39 is 50.9 Å². The van der Waals surface area contributed by atoms with E-state index in [0.717, 1.165) is 7.11 Å². The quantitative estimate of drug-likeness (QED) is 0.235. The zero-order valence-electron chi connectivity index (χ0n) is 17.0. The normalized spacial score (nSPS) is 26.8. The van der Waals surface area contributed by atoms with E-state index >= 15 is 0 Å². The zero-order chi connectivity index (χ0) is 22.9. The fraction of sp³-hybridized carbons (Fsp3) is 0.625. The van der Waals surface area contributed by atoms with Crippen molar-refractivity contribution in [1.82, 2.24) is 24.6 Å². The molecule has 14 nitrogen and oxygen atoms in total. The predicted molar refractivity (Wildman–Crippen MR) is 105 cm³/mol. The van der Waals surface area contributed by atoms with E-state index in [1.54, 1.807) is 13.8 Å². The lowest BCUT2D eigenvalue weighted by molar-refractivity contribution is -0.143. The highest BCUT2D eigenvalue weighted by Crippen LogP contribution is 2.40. The number of methoxy groups -OCH3 is 1. The van der Waals surface area contributed by atoms with E-state index in [0.29, 0.717) is 5.52 Å². The fourth-order valence-electron chi connectivity index (χ4n) is 3.14. The molecule has 0 aromatic carbocycles. The number of imidazole rings is 1. The lowest BCUT2D eigenvalue weighted by Crippen LogP contribution is -2.41. The number of carbonyl (C=O) groups excluding carboxylic acids is 1. The SMILES string of the molecule is COC(=O)[C@@H](NP(=O)(O)OC[C@H]1O[C@@H](n2cnc3c(N)ncnc32)[C@H](O)[C@@H]1O)C(C)C. The van der Waals surface area contributed by atoms with Crippen molar-refractivity contribution in [3.8, 4) is 0 Å². The van der Waals surface area contributed by atoms with Gasteiger partial charge in [0.05, 0.1) is 20.0 Å². The summed E-state index contributed by atoms with van der Waals surface area (Å²) in [7, 11) is -3.32. The summed E-state index contributed by atoms with van der Waals surface area (Å²) >= 11 is 0. The van der Waals surface area contributed by atoms with E-state index in [2.05, 4.69) is 24.8 Å². The summed E-state index contributed by atoms with van der Waals surface area (Å²) in [5, 5.41) is 23.0. The van der Waals surface area contributed by atoms with E-state index in [9.17, 15) is 24.5 Å². The Bertz CT molecular complexity index is 986. The Labute approximate surface area is 176 Å². The maximum absolute atomic E-state index is 12.4. The molecule has 0 aliphatic carbocycles. The van der Waals surface area contributed by atoms with Gasteiger partial charge in [-0.3, -0.25) is 13.9 Å². The van der Waals surface area contributed by atoms with E-state index in [1.807, 2.05) is 0 Å². The molecule has 1 unspecified atom stereocenters. The highest BCUT2D eigenvalue weighted by molar-refractivity contribution is 7.50. The van der Waals surface area contributed by atoms with Crippen molar-refractivity contribution in [2.75, 3.05) is 19.5 Å². The van der Waals surface area contributed by atoms with Crippen LogP contribution in [-0.2, 0) is 23.4 Å². The monoisotopic (exact) mass is 460 g/mol. The van der Waals surface area contributed by atoms with Crippen LogP contribution >= 0.6 is 7.75 Å². The number of aliphatic hydroxyl groups is 2.